The van der Waals surface area contributed by atoms with Gasteiger partial charge in [0.25, 0.3) is 0 Å². The smallest absolute Gasteiger partial charge is 0.0312 e. The summed E-state index contributed by atoms with van der Waals surface area (Å²) in [5.41, 5.74) is 1.25. The molecule has 2 nitrogen and oxygen atoms in total. The number of rotatable bonds is 5. The van der Waals surface area contributed by atoms with Crippen LogP contribution >= 0.6 is 11.6 Å². The molecule has 0 saturated carbocycles. The quantitative estimate of drug-likeness (QED) is 0.697. The molecule has 0 aliphatic carbocycles. The molecule has 0 radical (unpaired) electrons. The topological polar surface area (TPSA) is 16.1 Å². The molecule has 0 spiro atoms. The van der Waals surface area contributed by atoms with Crippen LogP contribution in [-0.2, 0) is 6.54 Å². The minimum absolute atomic E-state index is 0.540. The zero-order valence-electron chi connectivity index (χ0n) is 8.78. The molecule has 3 heteroatoms. The van der Waals surface area contributed by atoms with E-state index in [1.807, 2.05) is 12.3 Å². The molecule has 0 bridgehead atoms. The van der Waals surface area contributed by atoms with Crippen molar-refractivity contribution >= 4 is 11.6 Å². The largest absolute Gasteiger partial charge is 0.302 e. The minimum atomic E-state index is 0.540. The van der Waals surface area contributed by atoms with E-state index in [1.54, 1.807) is 6.20 Å². The van der Waals surface area contributed by atoms with Crippen molar-refractivity contribution in [2.45, 2.75) is 13.5 Å². The van der Waals surface area contributed by atoms with Gasteiger partial charge in [0, 0.05) is 31.4 Å². The van der Waals surface area contributed by atoms with Crippen LogP contribution in [0.1, 0.15) is 12.5 Å². The third kappa shape index (κ3) is 4.07. The van der Waals surface area contributed by atoms with Gasteiger partial charge in [0.1, 0.15) is 0 Å². The van der Waals surface area contributed by atoms with Gasteiger partial charge in [0.2, 0.25) is 0 Å². The number of nitrogens with zero attached hydrogens (tertiary/aromatic N) is 2. The Kier molecular flexibility index (Phi) is 4.91. The Bertz CT molecular complexity index is 251. The Balaban J connectivity index is 2.37. The van der Waals surface area contributed by atoms with E-state index in [-0.39, 0.29) is 0 Å². The van der Waals surface area contributed by atoms with Gasteiger partial charge in [0.15, 0.2) is 0 Å². The number of pyridine rings is 1. The van der Waals surface area contributed by atoms with Crippen LogP contribution in [0.4, 0.5) is 0 Å². The number of hydrogen-bond acceptors (Lipinski definition) is 2. The molecule has 1 heterocycles. The third-order valence-corrected chi connectivity index (χ3v) is 2.59. The Morgan fingerprint density at radius 2 is 2.36 bits per heavy atom. The van der Waals surface area contributed by atoms with Crippen molar-refractivity contribution in [2.24, 2.45) is 5.92 Å². The van der Waals surface area contributed by atoms with Crippen molar-refractivity contribution in [3.05, 3.63) is 30.1 Å². The Hall–Kier alpha value is -0.600. The molecule has 1 rings (SSSR count). The fourth-order valence-corrected chi connectivity index (χ4v) is 1.55. The zero-order valence-corrected chi connectivity index (χ0v) is 9.54. The van der Waals surface area contributed by atoms with Gasteiger partial charge >= 0.3 is 0 Å². The standard InChI is InChI=1S/C11H17ClN2/c1-10(6-12)8-14(2)9-11-4-3-5-13-7-11/h3-5,7,10H,6,8-9H2,1-2H3. The fraction of sp³-hybridized carbons (Fsp3) is 0.545. The van der Waals surface area contributed by atoms with E-state index in [0.29, 0.717) is 5.92 Å². The van der Waals surface area contributed by atoms with Crippen LogP contribution in [-0.4, -0.2) is 29.4 Å². The summed E-state index contributed by atoms with van der Waals surface area (Å²) >= 11 is 5.76. The molecule has 78 valence electrons. The van der Waals surface area contributed by atoms with Gasteiger partial charge in [-0.25, -0.2) is 0 Å². The van der Waals surface area contributed by atoms with Crippen LogP contribution in [0.5, 0.6) is 0 Å². The SMILES string of the molecule is CC(CCl)CN(C)Cc1cccnc1. The molecule has 0 saturated heterocycles. The fourth-order valence-electron chi connectivity index (χ4n) is 1.45. The maximum absolute atomic E-state index is 5.76. The molecule has 0 fully saturated rings. The average Bonchev–Trinajstić information content (AvgIpc) is 2.19. The molecule has 1 atom stereocenters. The molecule has 1 aromatic rings. The number of hydrogen-bond donors (Lipinski definition) is 0. The first-order valence-electron chi connectivity index (χ1n) is 4.85. The van der Waals surface area contributed by atoms with Crippen LogP contribution in [0, 0.1) is 5.92 Å². The lowest BCUT2D eigenvalue weighted by Crippen LogP contribution is -2.24. The monoisotopic (exact) mass is 212 g/mol. The van der Waals surface area contributed by atoms with Gasteiger partial charge in [-0.05, 0) is 24.6 Å². The zero-order chi connectivity index (χ0) is 10.4. The van der Waals surface area contributed by atoms with Crippen molar-refractivity contribution in [3.8, 4) is 0 Å². The molecular formula is C11H17ClN2. The van der Waals surface area contributed by atoms with Gasteiger partial charge in [0.05, 0.1) is 0 Å². The van der Waals surface area contributed by atoms with Gasteiger partial charge in [-0.3, -0.25) is 4.98 Å². The predicted octanol–water partition coefficient (Wildman–Crippen LogP) is 2.39. The number of halogens is 1. The summed E-state index contributed by atoms with van der Waals surface area (Å²) in [5.74, 6) is 1.26. The van der Waals surface area contributed by atoms with Crippen LogP contribution in [0.3, 0.4) is 0 Å². The van der Waals surface area contributed by atoms with E-state index in [2.05, 4.69) is 29.9 Å². The molecule has 1 unspecified atom stereocenters. The van der Waals surface area contributed by atoms with E-state index in [1.165, 1.54) is 5.56 Å². The summed E-state index contributed by atoms with van der Waals surface area (Å²) in [5, 5.41) is 0. The molecule has 14 heavy (non-hydrogen) atoms. The van der Waals surface area contributed by atoms with Crippen molar-refractivity contribution in [3.63, 3.8) is 0 Å². The van der Waals surface area contributed by atoms with Gasteiger partial charge in [-0.2, -0.15) is 0 Å². The highest BCUT2D eigenvalue weighted by atomic mass is 35.5. The molecule has 1 aromatic heterocycles. The van der Waals surface area contributed by atoms with E-state index in [0.717, 1.165) is 19.0 Å². The first-order valence-corrected chi connectivity index (χ1v) is 5.39. The highest BCUT2D eigenvalue weighted by Gasteiger charge is 2.05. The van der Waals surface area contributed by atoms with Crippen LogP contribution in [0.15, 0.2) is 24.5 Å². The maximum atomic E-state index is 5.76. The van der Waals surface area contributed by atoms with Crippen molar-refractivity contribution < 1.29 is 0 Å². The molecule has 0 amide bonds. The second-order valence-electron chi connectivity index (χ2n) is 3.82. The Morgan fingerprint density at radius 3 is 2.93 bits per heavy atom. The highest BCUT2D eigenvalue weighted by molar-refractivity contribution is 6.18. The molecule has 0 aliphatic rings. The second-order valence-corrected chi connectivity index (χ2v) is 4.13. The first kappa shape index (κ1) is 11.5. The predicted molar refractivity (Wildman–Crippen MR) is 60.5 cm³/mol. The normalized spacial score (nSPS) is 13.1. The third-order valence-electron chi connectivity index (χ3n) is 2.06. The first-order chi connectivity index (χ1) is 6.72. The van der Waals surface area contributed by atoms with E-state index < -0.39 is 0 Å². The second kappa shape index (κ2) is 5.99. The van der Waals surface area contributed by atoms with Crippen LogP contribution in [0.2, 0.25) is 0 Å². The minimum Gasteiger partial charge on any atom is -0.302 e. The summed E-state index contributed by atoms with van der Waals surface area (Å²) in [6.45, 7) is 4.13. The van der Waals surface area contributed by atoms with Gasteiger partial charge < -0.3 is 4.90 Å². The van der Waals surface area contributed by atoms with Crippen molar-refractivity contribution in [1.29, 1.82) is 0 Å². The van der Waals surface area contributed by atoms with Gasteiger partial charge in [-0.1, -0.05) is 13.0 Å². The number of aromatic nitrogens is 1. The number of alkyl halides is 1. The highest BCUT2D eigenvalue weighted by Crippen LogP contribution is 2.05. The summed E-state index contributed by atoms with van der Waals surface area (Å²) < 4.78 is 0. The molecule has 0 aliphatic heterocycles. The Morgan fingerprint density at radius 1 is 1.57 bits per heavy atom. The summed E-state index contributed by atoms with van der Waals surface area (Å²) in [4.78, 5) is 6.35. The lowest BCUT2D eigenvalue weighted by atomic mass is 10.2. The van der Waals surface area contributed by atoms with Crippen LogP contribution in [0.25, 0.3) is 0 Å². The average molecular weight is 213 g/mol. The summed E-state index contributed by atoms with van der Waals surface area (Å²) in [7, 11) is 2.11. The molecule has 0 N–H and O–H groups in total. The lowest BCUT2D eigenvalue weighted by Gasteiger charge is -2.19. The van der Waals surface area contributed by atoms with Gasteiger partial charge in [-0.15, -0.1) is 11.6 Å². The van der Waals surface area contributed by atoms with E-state index >= 15 is 0 Å². The van der Waals surface area contributed by atoms with E-state index in [4.69, 9.17) is 11.6 Å². The lowest BCUT2D eigenvalue weighted by molar-refractivity contribution is 0.289. The summed E-state index contributed by atoms with van der Waals surface area (Å²) in [6, 6.07) is 4.06. The van der Waals surface area contributed by atoms with E-state index in [9.17, 15) is 0 Å². The summed E-state index contributed by atoms with van der Waals surface area (Å²) in [6.07, 6.45) is 3.70. The van der Waals surface area contributed by atoms with Crippen molar-refractivity contribution in [1.82, 2.24) is 9.88 Å². The maximum Gasteiger partial charge on any atom is 0.0312 e. The molecule has 0 aromatic carbocycles. The van der Waals surface area contributed by atoms with Crippen LogP contribution < -0.4 is 0 Å². The Labute approximate surface area is 90.9 Å². The van der Waals surface area contributed by atoms with Crippen molar-refractivity contribution in [2.75, 3.05) is 19.5 Å². The molecular weight excluding hydrogens is 196 g/mol.